The van der Waals surface area contributed by atoms with E-state index in [1.807, 2.05) is 30.3 Å². The zero-order chi connectivity index (χ0) is 12.4. The highest BCUT2D eigenvalue weighted by Crippen LogP contribution is 2.44. The van der Waals surface area contributed by atoms with E-state index in [1.54, 1.807) is 0 Å². The van der Waals surface area contributed by atoms with Gasteiger partial charge >= 0.3 is 6.09 Å². The van der Waals surface area contributed by atoms with Crippen LogP contribution in [0.25, 0.3) is 0 Å². The number of hydrogen-bond acceptors (Lipinski definition) is 3. The second kappa shape index (κ2) is 4.98. The van der Waals surface area contributed by atoms with Crippen molar-refractivity contribution < 1.29 is 9.53 Å². The van der Waals surface area contributed by atoms with Gasteiger partial charge < -0.3 is 15.4 Å². The number of amides is 1. The molecule has 2 aliphatic rings. The van der Waals surface area contributed by atoms with E-state index in [2.05, 4.69) is 10.6 Å². The summed E-state index contributed by atoms with van der Waals surface area (Å²) in [5.74, 6) is 1.64. The molecule has 3 rings (SSSR count). The third kappa shape index (κ3) is 2.64. The SMILES string of the molecule is O=C(NCC1NCC2CC21)OCc1ccccc1. The zero-order valence-electron chi connectivity index (χ0n) is 10.3. The monoisotopic (exact) mass is 246 g/mol. The van der Waals surface area contributed by atoms with Gasteiger partial charge in [0, 0.05) is 12.6 Å². The maximum atomic E-state index is 11.5. The van der Waals surface area contributed by atoms with E-state index < -0.39 is 0 Å². The van der Waals surface area contributed by atoms with Crippen LogP contribution < -0.4 is 10.6 Å². The topological polar surface area (TPSA) is 50.4 Å². The molecular formula is C14H18N2O2. The van der Waals surface area contributed by atoms with Gasteiger partial charge in [-0.3, -0.25) is 0 Å². The number of hydrogen-bond donors (Lipinski definition) is 2. The molecule has 96 valence electrons. The Morgan fingerprint density at radius 1 is 1.39 bits per heavy atom. The first-order valence-electron chi connectivity index (χ1n) is 6.51. The van der Waals surface area contributed by atoms with E-state index >= 15 is 0 Å². The fourth-order valence-corrected chi connectivity index (χ4v) is 2.64. The summed E-state index contributed by atoms with van der Waals surface area (Å²) in [5.41, 5.74) is 1.01. The van der Waals surface area contributed by atoms with Crippen LogP contribution in [0.3, 0.4) is 0 Å². The number of carbonyl (C=O) groups is 1. The average Bonchev–Trinajstić information content (AvgIpc) is 3.09. The van der Waals surface area contributed by atoms with Crippen molar-refractivity contribution in [2.24, 2.45) is 11.8 Å². The van der Waals surface area contributed by atoms with E-state index in [1.165, 1.54) is 6.42 Å². The minimum Gasteiger partial charge on any atom is -0.445 e. The standard InChI is InChI=1S/C14H18N2O2/c17-14(18-9-10-4-2-1-3-5-10)16-8-13-12-6-11(12)7-15-13/h1-5,11-13,15H,6-9H2,(H,16,17). The van der Waals surface area contributed by atoms with Crippen molar-refractivity contribution >= 4 is 6.09 Å². The molecule has 1 aromatic carbocycles. The van der Waals surface area contributed by atoms with Gasteiger partial charge in [-0.2, -0.15) is 0 Å². The molecule has 1 aliphatic heterocycles. The Kier molecular flexibility index (Phi) is 3.19. The lowest BCUT2D eigenvalue weighted by atomic mass is 10.2. The molecule has 1 saturated heterocycles. The highest BCUT2D eigenvalue weighted by molar-refractivity contribution is 5.67. The van der Waals surface area contributed by atoms with E-state index in [4.69, 9.17) is 4.74 Å². The Bertz CT molecular complexity index is 421. The molecule has 1 aliphatic carbocycles. The lowest BCUT2D eigenvalue weighted by molar-refractivity contribution is 0.138. The predicted octanol–water partition coefficient (Wildman–Crippen LogP) is 1.52. The third-order valence-corrected chi connectivity index (χ3v) is 3.82. The first-order chi connectivity index (χ1) is 8.83. The van der Waals surface area contributed by atoms with Crippen molar-refractivity contribution in [1.82, 2.24) is 10.6 Å². The van der Waals surface area contributed by atoms with Gasteiger partial charge in [0.25, 0.3) is 0 Å². The molecule has 1 aromatic rings. The van der Waals surface area contributed by atoms with E-state index in [9.17, 15) is 4.79 Å². The van der Waals surface area contributed by atoms with Gasteiger partial charge in [-0.05, 0) is 30.4 Å². The van der Waals surface area contributed by atoms with Crippen LogP contribution in [0.2, 0.25) is 0 Å². The number of fused-ring (bicyclic) bond motifs is 1. The Hall–Kier alpha value is -1.55. The van der Waals surface area contributed by atoms with Gasteiger partial charge in [0.15, 0.2) is 0 Å². The van der Waals surface area contributed by atoms with Crippen molar-refractivity contribution in [1.29, 1.82) is 0 Å². The largest absolute Gasteiger partial charge is 0.445 e. The quantitative estimate of drug-likeness (QED) is 0.847. The summed E-state index contributed by atoms with van der Waals surface area (Å²) in [6, 6.07) is 10.2. The molecule has 0 aromatic heterocycles. The number of alkyl carbamates (subject to hydrolysis) is 1. The summed E-state index contributed by atoms with van der Waals surface area (Å²) in [5, 5.41) is 6.24. The van der Waals surface area contributed by atoms with Gasteiger partial charge in [-0.1, -0.05) is 30.3 Å². The summed E-state index contributed by atoms with van der Waals surface area (Å²) in [4.78, 5) is 11.5. The molecule has 18 heavy (non-hydrogen) atoms. The fraction of sp³-hybridized carbons (Fsp3) is 0.500. The molecule has 0 radical (unpaired) electrons. The molecule has 3 unspecified atom stereocenters. The number of ether oxygens (including phenoxy) is 1. The average molecular weight is 246 g/mol. The molecule has 4 heteroatoms. The minimum absolute atomic E-state index is 0.329. The van der Waals surface area contributed by atoms with Crippen LogP contribution in [-0.2, 0) is 11.3 Å². The van der Waals surface area contributed by atoms with Gasteiger partial charge in [0.2, 0.25) is 0 Å². The number of rotatable bonds is 4. The van der Waals surface area contributed by atoms with Gasteiger partial charge in [0.05, 0.1) is 0 Å². The van der Waals surface area contributed by atoms with Crippen molar-refractivity contribution in [2.75, 3.05) is 13.1 Å². The van der Waals surface area contributed by atoms with Crippen LogP contribution in [0.5, 0.6) is 0 Å². The normalized spacial score (nSPS) is 28.6. The summed E-state index contributed by atoms with van der Waals surface area (Å²) in [6.45, 7) is 2.11. The maximum absolute atomic E-state index is 11.5. The van der Waals surface area contributed by atoms with Crippen LogP contribution >= 0.6 is 0 Å². The Morgan fingerprint density at radius 3 is 2.89 bits per heavy atom. The molecule has 3 atom stereocenters. The molecule has 4 nitrogen and oxygen atoms in total. The summed E-state index contributed by atoms with van der Waals surface area (Å²) >= 11 is 0. The highest BCUT2D eigenvalue weighted by Gasteiger charge is 2.47. The number of nitrogens with one attached hydrogen (secondary N) is 2. The zero-order valence-corrected chi connectivity index (χ0v) is 10.3. The molecule has 2 N–H and O–H groups in total. The van der Waals surface area contributed by atoms with Crippen LogP contribution in [0, 0.1) is 11.8 Å². The van der Waals surface area contributed by atoms with Gasteiger partial charge in [0.1, 0.15) is 6.61 Å². The van der Waals surface area contributed by atoms with Crippen LogP contribution in [0.15, 0.2) is 30.3 Å². The van der Waals surface area contributed by atoms with Gasteiger partial charge in [-0.15, -0.1) is 0 Å². The first kappa shape index (κ1) is 11.5. The Labute approximate surface area is 107 Å². The molecule has 0 bridgehead atoms. The van der Waals surface area contributed by atoms with Crippen LogP contribution in [0.4, 0.5) is 4.79 Å². The smallest absolute Gasteiger partial charge is 0.407 e. The first-order valence-corrected chi connectivity index (χ1v) is 6.51. The second-order valence-electron chi connectivity index (χ2n) is 5.12. The summed E-state index contributed by atoms with van der Waals surface area (Å²) in [7, 11) is 0. The van der Waals surface area contributed by atoms with Crippen molar-refractivity contribution in [3.05, 3.63) is 35.9 Å². The number of piperidine rings is 1. The fourth-order valence-electron chi connectivity index (χ4n) is 2.64. The number of benzene rings is 1. The van der Waals surface area contributed by atoms with Crippen LogP contribution in [0.1, 0.15) is 12.0 Å². The molecular weight excluding hydrogens is 228 g/mol. The van der Waals surface area contributed by atoms with E-state index in [0.717, 1.165) is 23.9 Å². The lowest BCUT2D eigenvalue weighted by Crippen LogP contribution is -2.39. The lowest BCUT2D eigenvalue weighted by Gasteiger charge is -2.14. The summed E-state index contributed by atoms with van der Waals surface area (Å²) in [6.07, 6.45) is 0.989. The van der Waals surface area contributed by atoms with Crippen molar-refractivity contribution in [3.8, 4) is 0 Å². The molecule has 1 saturated carbocycles. The minimum atomic E-state index is -0.329. The highest BCUT2D eigenvalue weighted by atomic mass is 16.5. The van der Waals surface area contributed by atoms with E-state index in [0.29, 0.717) is 19.2 Å². The van der Waals surface area contributed by atoms with Crippen molar-refractivity contribution in [2.45, 2.75) is 19.1 Å². The molecule has 2 fully saturated rings. The van der Waals surface area contributed by atoms with Gasteiger partial charge in [-0.25, -0.2) is 4.79 Å². The maximum Gasteiger partial charge on any atom is 0.407 e. The molecule has 0 spiro atoms. The molecule has 1 heterocycles. The Morgan fingerprint density at radius 2 is 2.22 bits per heavy atom. The predicted molar refractivity (Wildman–Crippen MR) is 68.0 cm³/mol. The summed E-state index contributed by atoms with van der Waals surface area (Å²) < 4.78 is 5.16. The van der Waals surface area contributed by atoms with E-state index in [-0.39, 0.29) is 6.09 Å². The molecule has 1 amide bonds. The van der Waals surface area contributed by atoms with Crippen molar-refractivity contribution in [3.63, 3.8) is 0 Å². The third-order valence-electron chi connectivity index (χ3n) is 3.82. The Balaban J connectivity index is 1.37. The van der Waals surface area contributed by atoms with Crippen LogP contribution in [-0.4, -0.2) is 25.2 Å². The second-order valence-corrected chi connectivity index (χ2v) is 5.12. The number of carbonyl (C=O) groups excluding carboxylic acids is 1.